The first kappa shape index (κ1) is 64.6. The molecule has 3 N–H and O–H groups in total. The van der Waals surface area contributed by atoms with Crippen LogP contribution in [0.25, 0.3) is 0 Å². The summed E-state index contributed by atoms with van der Waals surface area (Å²) >= 11 is 0. The first-order chi connectivity index (χ1) is 32.5. The van der Waals surface area contributed by atoms with Crippen molar-refractivity contribution in [3.05, 3.63) is 12.2 Å². The third-order valence-corrected chi connectivity index (χ3v) is 14.1. The minimum Gasteiger partial charge on any atom is -0.466 e. The van der Waals surface area contributed by atoms with Crippen molar-refractivity contribution < 1.29 is 24.5 Å². The second-order valence-electron chi connectivity index (χ2n) is 20.7. The van der Waals surface area contributed by atoms with Crippen LogP contribution in [0, 0.1) is 0 Å². The maximum atomic E-state index is 12.5. The van der Waals surface area contributed by atoms with Gasteiger partial charge in [-0.15, -0.1) is 0 Å². The fraction of sp³-hybridized carbons (Fsp3) is 0.933. The van der Waals surface area contributed by atoms with Crippen LogP contribution in [0.2, 0.25) is 0 Å². The fourth-order valence-corrected chi connectivity index (χ4v) is 9.47. The number of aliphatic hydroxyl groups excluding tert-OH is 2. The van der Waals surface area contributed by atoms with E-state index < -0.39 is 12.1 Å². The summed E-state index contributed by atoms with van der Waals surface area (Å²) in [4.78, 5) is 24.6. The number of aliphatic hydroxyl groups is 2. The molecule has 0 aromatic carbocycles. The zero-order valence-electron chi connectivity index (χ0n) is 44.7. The molecule has 0 aromatic rings. The maximum absolute atomic E-state index is 12.5. The van der Waals surface area contributed by atoms with E-state index in [-0.39, 0.29) is 18.5 Å². The van der Waals surface area contributed by atoms with Gasteiger partial charge in [-0.2, -0.15) is 0 Å². The Hall–Kier alpha value is -1.40. The van der Waals surface area contributed by atoms with Gasteiger partial charge in [-0.1, -0.05) is 289 Å². The number of nitrogens with one attached hydrogen (secondary N) is 1. The van der Waals surface area contributed by atoms with E-state index in [0.717, 1.165) is 70.6 Å². The molecular weight excluding hydrogens is 815 g/mol. The molecule has 2 atom stereocenters. The molecule has 0 heterocycles. The van der Waals surface area contributed by atoms with Gasteiger partial charge in [-0.3, -0.25) is 9.59 Å². The zero-order valence-corrected chi connectivity index (χ0v) is 44.7. The number of hydrogen-bond acceptors (Lipinski definition) is 5. The van der Waals surface area contributed by atoms with E-state index >= 15 is 0 Å². The van der Waals surface area contributed by atoms with E-state index in [1.165, 1.54) is 231 Å². The lowest BCUT2D eigenvalue weighted by Gasteiger charge is -2.22. The third kappa shape index (κ3) is 52.0. The smallest absolute Gasteiger partial charge is 0.305 e. The summed E-state index contributed by atoms with van der Waals surface area (Å²) in [5.74, 6) is -0.121. The van der Waals surface area contributed by atoms with E-state index in [4.69, 9.17) is 4.74 Å². The first-order valence-electron chi connectivity index (χ1n) is 29.9. The maximum Gasteiger partial charge on any atom is 0.305 e. The van der Waals surface area contributed by atoms with Crippen LogP contribution >= 0.6 is 0 Å². The van der Waals surface area contributed by atoms with Crippen molar-refractivity contribution in [1.82, 2.24) is 5.32 Å². The topological polar surface area (TPSA) is 95.9 Å². The Morgan fingerprint density at radius 2 is 0.727 bits per heavy atom. The van der Waals surface area contributed by atoms with Gasteiger partial charge < -0.3 is 20.3 Å². The minimum absolute atomic E-state index is 0.0297. The lowest BCUT2D eigenvalue weighted by Crippen LogP contribution is -2.45. The monoisotopic (exact) mass is 932 g/mol. The average Bonchev–Trinajstić information content (AvgIpc) is 3.32. The Morgan fingerprint density at radius 1 is 0.409 bits per heavy atom. The molecule has 0 bridgehead atoms. The number of rotatable bonds is 56. The number of unbranched alkanes of at least 4 members (excludes halogenated alkanes) is 43. The van der Waals surface area contributed by atoms with Gasteiger partial charge >= 0.3 is 5.97 Å². The molecule has 0 saturated carbocycles. The van der Waals surface area contributed by atoms with Gasteiger partial charge in [0.2, 0.25) is 5.91 Å². The van der Waals surface area contributed by atoms with Crippen molar-refractivity contribution in [2.45, 2.75) is 347 Å². The predicted molar refractivity (Wildman–Crippen MR) is 287 cm³/mol. The summed E-state index contributed by atoms with van der Waals surface area (Å²) in [7, 11) is 0. The van der Waals surface area contributed by atoms with Crippen LogP contribution in [-0.2, 0) is 14.3 Å². The summed E-state index contributed by atoms with van der Waals surface area (Å²) < 4.78 is 5.47. The van der Waals surface area contributed by atoms with Crippen LogP contribution in [0.5, 0.6) is 0 Å². The van der Waals surface area contributed by atoms with E-state index in [2.05, 4.69) is 31.3 Å². The molecule has 1 amide bonds. The average molecular weight is 933 g/mol. The van der Waals surface area contributed by atoms with Crippen LogP contribution < -0.4 is 5.32 Å². The largest absolute Gasteiger partial charge is 0.466 e. The van der Waals surface area contributed by atoms with E-state index in [0.29, 0.717) is 25.9 Å². The Bertz CT molecular complexity index is 986. The van der Waals surface area contributed by atoms with E-state index in [9.17, 15) is 19.8 Å². The van der Waals surface area contributed by atoms with Crippen LogP contribution in [-0.4, -0.2) is 47.4 Å². The number of allylic oxidation sites excluding steroid dienone is 2. The second-order valence-corrected chi connectivity index (χ2v) is 20.7. The summed E-state index contributed by atoms with van der Waals surface area (Å²) in [5, 5.41) is 23.3. The number of hydrogen-bond donors (Lipinski definition) is 3. The van der Waals surface area contributed by atoms with Gasteiger partial charge in [0.15, 0.2) is 0 Å². The predicted octanol–water partition coefficient (Wildman–Crippen LogP) is 18.5. The fourth-order valence-electron chi connectivity index (χ4n) is 9.47. The molecule has 0 aliphatic heterocycles. The van der Waals surface area contributed by atoms with Crippen LogP contribution in [0.1, 0.15) is 335 Å². The number of carbonyl (C=O) groups excluding carboxylic acids is 2. The van der Waals surface area contributed by atoms with Crippen molar-refractivity contribution in [2.24, 2.45) is 0 Å². The van der Waals surface area contributed by atoms with Gasteiger partial charge in [-0.05, 0) is 44.9 Å². The molecule has 66 heavy (non-hydrogen) atoms. The standard InChI is InChI=1S/C60H117NO5/c1-3-5-7-9-11-13-15-17-19-21-23-24-26-27-29-31-33-36-40-44-48-52-58(63)57(56-62)61-59(64)53-49-45-41-37-35-39-43-47-51-55-66-60(65)54-50-46-42-38-34-32-30-28-25-22-20-18-16-14-12-10-8-6-4-2/h37,41,57-58,62-63H,3-36,38-40,42-56H2,1-2H3,(H,61,64)/b41-37-. The molecule has 0 radical (unpaired) electrons. The highest BCUT2D eigenvalue weighted by Gasteiger charge is 2.20. The Labute approximate surface area is 412 Å². The summed E-state index contributed by atoms with van der Waals surface area (Å²) in [6.45, 7) is 4.90. The molecule has 0 aromatic heterocycles. The molecule has 0 rings (SSSR count). The van der Waals surface area contributed by atoms with Gasteiger partial charge in [0, 0.05) is 12.8 Å². The van der Waals surface area contributed by atoms with Crippen LogP contribution in [0.15, 0.2) is 12.2 Å². The van der Waals surface area contributed by atoms with Crippen molar-refractivity contribution in [3.8, 4) is 0 Å². The van der Waals surface area contributed by atoms with E-state index in [1.807, 2.05) is 0 Å². The lowest BCUT2D eigenvalue weighted by atomic mass is 10.0. The van der Waals surface area contributed by atoms with E-state index in [1.54, 1.807) is 0 Å². The third-order valence-electron chi connectivity index (χ3n) is 14.1. The molecule has 6 heteroatoms. The number of carbonyl (C=O) groups is 2. The number of amides is 1. The molecule has 0 spiro atoms. The molecule has 6 nitrogen and oxygen atoms in total. The second kappa shape index (κ2) is 56.2. The number of esters is 1. The van der Waals surface area contributed by atoms with Gasteiger partial charge in [0.05, 0.1) is 25.4 Å². The molecule has 0 saturated heterocycles. The SMILES string of the molecule is CCCCCCCCCCCCCCCCCCCCCCCC(O)C(CO)NC(=O)CCC/C=C\CCCCCCOC(=O)CCCCCCCCCCCCCCCCCCCCC. The van der Waals surface area contributed by atoms with Crippen LogP contribution in [0.3, 0.4) is 0 Å². The summed E-state index contributed by atoms with van der Waals surface area (Å²) in [6, 6.07) is -0.579. The van der Waals surface area contributed by atoms with Gasteiger partial charge in [0.1, 0.15) is 0 Å². The Kier molecular flexibility index (Phi) is 55.0. The van der Waals surface area contributed by atoms with Crippen LogP contribution in [0.4, 0.5) is 0 Å². The molecule has 0 aliphatic rings. The molecule has 392 valence electrons. The van der Waals surface area contributed by atoms with Gasteiger partial charge in [0.25, 0.3) is 0 Å². The Morgan fingerprint density at radius 3 is 1.11 bits per heavy atom. The molecular formula is C60H117NO5. The lowest BCUT2D eigenvalue weighted by molar-refractivity contribution is -0.143. The minimum atomic E-state index is -0.695. The number of ether oxygens (including phenoxy) is 1. The normalized spacial score (nSPS) is 12.6. The van der Waals surface area contributed by atoms with Crippen molar-refractivity contribution >= 4 is 11.9 Å². The Balaban J connectivity index is 3.48. The highest BCUT2D eigenvalue weighted by molar-refractivity contribution is 5.76. The summed E-state index contributed by atoms with van der Waals surface area (Å²) in [5.41, 5.74) is 0. The van der Waals surface area contributed by atoms with Crippen molar-refractivity contribution in [3.63, 3.8) is 0 Å². The summed E-state index contributed by atoms with van der Waals surface area (Å²) in [6.07, 6.45) is 66.5. The zero-order chi connectivity index (χ0) is 47.9. The highest BCUT2D eigenvalue weighted by atomic mass is 16.5. The van der Waals surface area contributed by atoms with Crippen molar-refractivity contribution in [1.29, 1.82) is 0 Å². The van der Waals surface area contributed by atoms with Gasteiger partial charge in [-0.25, -0.2) is 0 Å². The highest BCUT2D eigenvalue weighted by Crippen LogP contribution is 2.18. The quantitative estimate of drug-likeness (QED) is 0.0321. The molecule has 0 fully saturated rings. The van der Waals surface area contributed by atoms with Crippen molar-refractivity contribution in [2.75, 3.05) is 13.2 Å². The first-order valence-corrected chi connectivity index (χ1v) is 29.9. The molecule has 0 aliphatic carbocycles. The molecule has 2 unspecified atom stereocenters.